The number of benzene rings is 2. The molecule has 2 aromatic carbocycles. The third-order valence-electron chi connectivity index (χ3n) is 5.05. The van der Waals surface area contributed by atoms with Crippen LogP contribution in [0.25, 0.3) is 16.9 Å². The smallest absolute Gasteiger partial charge is 0.253 e. The number of hydrogen-bond acceptors (Lipinski definition) is 6. The molecule has 0 aliphatic carbocycles. The Hall–Kier alpha value is -3.78. The van der Waals surface area contributed by atoms with Gasteiger partial charge in [0.05, 0.1) is 23.0 Å². The first kappa shape index (κ1) is 17.3. The van der Waals surface area contributed by atoms with Crippen LogP contribution in [0.4, 0.5) is 5.82 Å². The monoisotopic (exact) mass is 385 g/mol. The Bertz CT molecular complexity index is 1220. The lowest BCUT2D eigenvalue weighted by molar-refractivity contribution is 0.100. The van der Waals surface area contributed by atoms with E-state index in [0.717, 1.165) is 29.1 Å². The Balaban J connectivity index is 1.57. The molecule has 29 heavy (non-hydrogen) atoms. The zero-order valence-corrected chi connectivity index (χ0v) is 15.6. The van der Waals surface area contributed by atoms with Gasteiger partial charge in [0, 0.05) is 30.6 Å². The van der Waals surface area contributed by atoms with Crippen molar-refractivity contribution < 1.29 is 4.79 Å². The number of carbonyl (C=O) groups excluding carboxylic acids is 1. The van der Waals surface area contributed by atoms with Crippen LogP contribution in [0.3, 0.4) is 0 Å². The van der Waals surface area contributed by atoms with Gasteiger partial charge < -0.3 is 16.4 Å². The van der Waals surface area contributed by atoms with Crippen LogP contribution >= 0.6 is 0 Å². The molecule has 4 aromatic rings. The molecule has 0 spiro atoms. The Morgan fingerprint density at radius 1 is 1.10 bits per heavy atom. The summed E-state index contributed by atoms with van der Waals surface area (Å²) in [6.45, 7) is 2.06. The van der Waals surface area contributed by atoms with Crippen molar-refractivity contribution >= 4 is 22.6 Å². The molecule has 0 saturated carbocycles. The minimum atomic E-state index is -0.487. The van der Waals surface area contributed by atoms with Crippen LogP contribution in [0, 0.1) is 0 Å². The number of anilines is 1. The van der Waals surface area contributed by atoms with Gasteiger partial charge in [-0.2, -0.15) is 14.8 Å². The molecule has 5 rings (SSSR count). The van der Waals surface area contributed by atoms with Gasteiger partial charge >= 0.3 is 0 Å². The summed E-state index contributed by atoms with van der Waals surface area (Å²) in [5, 5.41) is 11.9. The topological polar surface area (TPSA) is 111 Å². The van der Waals surface area contributed by atoms with E-state index < -0.39 is 5.91 Å². The fourth-order valence-electron chi connectivity index (χ4n) is 3.60. The van der Waals surface area contributed by atoms with E-state index in [1.807, 2.05) is 24.3 Å². The van der Waals surface area contributed by atoms with E-state index in [-0.39, 0.29) is 0 Å². The fraction of sp³-hybridized carbons (Fsp3) is 0.143. The largest absolute Gasteiger partial charge is 0.366 e. The molecule has 0 radical (unpaired) electrons. The number of nitrogens with two attached hydrogens (primary N) is 1. The van der Waals surface area contributed by atoms with Gasteiger partial charge in [0.25, 0.3) is 5.95 Å². The van der Waals surface area contributed by atoms with Crippen LogP contribution in [0.15, 0.2) is 54.7 Å². The van der Waals surface area contributed by atoms with Gasteiger partial charge in [-0.25, -0.2) is 4.98 Å². The van der Waals surface area contributed by atoms with Crippen molar-refractivity contribution in [2.24, 2.45) is 5.73 Å². The van der Waals surface area contributed by atoms with E-state index in [1.54, 1.807) is 23.0 Å². The Morgan fingerprint density at radius 2 is 1.97 bits per heavy atom. The summed E-state index contributed by atoms with van der Waals surface area (Å²) < 4.78 is 1.65. The highest BCUT2D eigenvalue weighted by molar-refractivity contribution is 6.05. The number of carbonyl (C=O) groups is 1. The van der Waals surface area contributed by atoms with Crippen LogP contribution < -0.4 is 16.4 Å². The van der Waals surface area contributed by atoms with Gasteiger partial charge in [0.1, 0.15) is 5.82 Å². The molecule has 2 aromatic heterocycles. The predicted octanol–water partition coefficient (Wildman–Crippen LogP) is 2.13. The molecule has 1 aliphatic rings. The lowest BCUT2D eigenvalue weighted by atomic mass is 10.1. The molecule has 1 aliphatic heterocycles. The maximum absolute atomic E-state index is 11.7. The summed E-state index contributed by atoms with van der Waals surface area (Å²) in [5.41, 5.74) is 9.84. The Kier molecular flexibility index (Phi) is 4.18. The van der Waals surface area contributed by atoms with Crippen molar-refractivity contribution in [3.8, 4) is 5.95 Å². The minimum Gasteiger partial charge on any atom is -0.366 e. The first-order valence-corrected chi connectivity index (χ1v) is 9.36. The molecule has 0 fully saturated rings. The molecule has 8 heteroatoms. The predicted molar refractivity (Wildman–Crippen MR) is 109 cm³/mol. The molecule has 4 N–H and O–H groups in total. The number of fused-ring (bicyclic) bond motifs is 2. The molecule has 3 heterocycles. The zero-order valence-electron chi connectivity index (χ0n) is 15.6. The highest BCUT2D eigenvalue weighted by Gasteiger charge is 2.21. The molecule has 0 saturated heterocycles. The number of primary amides is 1. The van der Waals surface area contributed by atoms with Crippen molar-refractivity contribution in [1.82, 2.24) is 25.1 Å². The summed E-state index contributed by atoms with van der Waals surface area (Å²) in [5.74, 6) is 0.757. The molecule has 0 bridgehead atoms. The number of amides is 1. The number of rotatable bonds is 5. The van der Waals surface area contributed by atoms with Gasteiger partial charge in [0.15, 0.2) is 0 Å². The fourth-order valence-corrected chi connectivity index (χ4v) is 3.60. The zero-order chi connectivity index (χ0) is 19.8. The van der Waals surface area contributed by atoms with Gasteiger partial charge in [-0.05, 0) is 17.7 Å². The minimum absolute atomic E-state index is 0.430. The molecule has 1 amide bonds. The first-order valence-electron chi connectivity index (χ1n) is 9.36. The standard InChI is InChI=1S/C21H19N7O/c22-19(29)14-7-4-8-18-15(14)11-25-28(18)21-26-17-12-23-10-16(17)20(27-21)24-9-13-5-2-1-3-6-13/h1-8,11,23H,9-10,12H2,(H2,22,29)(H,24,26,27). The lowest BCUT2D eigenvalue weighted by Crippen LogP contribution is -2.12. The van der Waals surface area contributed by atoms with Gasteiger partial charge in [-0.1, -0.05) is 36.4 Å². The second-order valence-corrected chi connectivity index (χ2v) is 6.90. The summed E-state index contributed by atoms with van der Waals surface area (Å²) >= 11 is 0. The number of aromatic nitrogens is 4. The van der Waals surface area contributed by atoms with E-state index in [0.29, 0.717) is 30.0 Å². The molecule has 8 nitrogen and oxygen atoms in total. The SMILES string of the molecule is NC(=O)c1cccc2c1cnn2-c1nc2c(c(NCc3ccccc3)n1)CNC2. The Morgan fingerprint density at radius 3 is 2.79 bits per heavy atom. The highest BCUT2D eigenvalue weighted by atomic mass is 16.1. The van der Waals surface area contributed by atoms with E-state index in [9.17, 15) is 4.79 Å². The summed E-state index contributed by atoms with van der Waals surface area (Å²) in [6.07, 6.45) is 1.63. The van der Waals surface area contributed by atoms with Crippen LogP contribution in [0.2, 0.25) is 0 Å². The molecule has 0 unspecified atom stereocenters. The summed E-state index contributed by atoms with van der Waals surface area (Å²) in [7, 11) is 0. The van der Waals surface area contributed by atoms with Gasteiger partial charge in [0.2, 0.25) is 5.91 Å². The quantitative estimate of drug-likeness (QED) is 0.485. The van der Waals surface area contributed by atoms with Crippen LogP contribution in [-0.4, -0.2) is 25.7 Å². The second kappa shape index (κ2) is 6.99. The number of nitrogens with zero attached hydrogens (tertiary/aromatic N) is 4. The average Bonchev–Trinajstić information content (AvgIpc) is 3.39. The van der Waals surface area contributed by atoms with Crippen molar-refractivity contribution in [1.29, 1.82) is 0 Å². The maximum atomic E-state index is 11.7. The first-order chi connectivity index (χ1) is 14.2. The van der Waals surface area contributed by atoms with Crippen LogP contribution in [0.1, 0.15) is 27.2 Å². The molecule has 144 valence electrons. The summed E-state index contributed by atoms with van der Waals surface area (Å²) in [4.78, 5) is 21.2. The van der Waals surface area contributed by atoms with E-state index in [2.05, 4.69) is 27.9 Å². The Labute approximate surface area is 166 Å². The second-order valence-electron chi connectivity index (χ2n) is 6.90. The van der Waals surface area contributed by atoms with Crippen molar-refractivity contribution in [3.63, 3.8) is 0 Å². The molecular weight excluding hydrogens is 366 g/mol. The average molecular weight is 385 g/mol. The van der Waals surface area contributed by atoms with Crippen LogP contribution in [0.5, 0.6) is 0 Å². The third kappa shape index (κ3) is 3.09. The third-order valence-corrected chi connectivity index (χ3v) is 5.05. The van der Waals surface area contributed by atoms with Crippen molar-refractivity contribution in [2.75, 3.05) is 5.32 Å². The number of hydrogen-bond donors (Lipinski definition) is 3. The molecular formula is C21H19N7O. The summed E-state index contributed by atoms with van der Waals surface area (Å²) in [6, 6.07) is 15.5. The van der Waals surface area contributed by atoms with Crippen molar-refractivity contribution in [3.05, 3.63) is 77.1 Å². The highest BCUT2D eigenvalue weighted by Crippen LogP contribution is 2.25. The van der Waals surface area contributed by atoms with Gasteiger partial charge in [-0.3, -0.25) is 4.79 Å². The molecule has 0 atom stereocenters. The van der Waals surface area contributed by atoms with Crippen LogP contribution in [-0.2, 0) is 19.6 Å². The van der Waals surface area contributed by atoms with Crippen molar-refractivity contribution in [2.45, 2.75) is 19.6 Å². The van der Waals surface area contributed by atoms with E-state index in [4.69, 9.17) is 15.7 Å². The van der Waals surface area contributed by atoms with E-state index in [1.165, 1.54) is 5.56 Å². The normalized spacial score (nSPS) is 12.8. The lowest BCUT2D eigenvalue weighted by Gasteiger charge is -2.12. The van der Waals surface area contributed by atoms with Gasteiger partial charge in [-0.15, -0.1) is 0 Å². The maximum Gasteiger partial charge on any atom is 0.253 e. The van der Waals surface area contributed by atoms with E-state index >= 15 is 0 Å². The number of nitrogens with one attached hydrogen (secondary N) is 2.